The van der Waals surface area contributed by atoms with Gasteiger partial charge in [0.1, 0.15) is 0 Å². The molecule has 112 valence electrons. The Hall–Kier alpha value is -1.81. The third-order valence-corrected chi connectivity index (χ3v) is 4.43. The molecule has 0 bridgehead atoms. The van der Waals surface area contributed by atoms with Gasteiger partial charge in [0.05, 0.1) is 17.9 Å². The van der Waals surface area contributed by atoms with Gasteiger partial charge in [-0.25, -0.2) is 0 Å². The number of anilines is 1. The van der Waals surface area contributed by atoms with E-state index in [2.05, 4.69) is 52.6 Å². The lowest BCUT2D eigenvalue weighted by atomic mass is 9.96. The van der Waals surface area contributed by atoms with Crippen LogP contribution in [0.5, 0.6) is 0 Å². The van der Waals surface area contributed by atoms with Crippen molar-refractivity contribution in [1.29, 1.82) is 0 Å². The molecule has 0 radical (unpaired) electrons. The lowest BCUT2D eigenvalue weighted by Crippen LogP contribution is -2.34. The Morgan fingerprint density at radius 2 is 2.14 bits per heavy atom. The standard InChI is InChI=1S/C17H24N4/c1-4-13-11-14(20(3)19-13)12-21-10-9-16(18-2)15-7-5-6-8-17(15)21/h5-8,11,16,18H,4,9-10,12H2,1-3H3. The first-order chi connectivity index (χ1) is 10.2. The molecular weight excluding hydrogens is 260 g/mol. The van der Waals surface area contributed by atoms with E-state index in [1.807, 2.05) is 18.8 Å². The number of fused-ring (bicyclic) bond motifs is 1. The summed E-state index contributed by atoms with van der Waals surface area (Å²) in [6.45, 7) is 4.16. The normalized spacial score (nSPS) is 17.9. The van der Waals surface area contributed by atoms with E-state index in [0.717, 1.165) is 25.9 Å². The lowest BCUT2D eigenvalue weighted by molar-refractivity contribution is 0.511. The third kappa shape index (κ3) is 2.68. The van der Waals surface area contributed by atoms with Crippen molar-refractivity contribution >= 4 is 5.69 Å². The van der Waals surface area contributed by atoms with Gasteiger partial charge in [0.15, 0.2) is 0 Å². The summed E-state index contributed by atoms with van der Waals surface area (Å²) in [6.07, 6.45) is 2.14. The van der Waals surface area contributed by atoms with Crippen LogP contribution in [-0.4, -0.2) is 23.4 Å². The van der Waals surface area contributed by atoms with Gasteiger partial charge in [-0.1, -0.05) is 25.1 Å². The second kappa shape index (κ2) is 5.90. The van der Waals surface area contributed by atoms with Gasteiger partial charge in [0.2, 0.25) is 0 Å². The van der Waals surface area contributed by atoms with Gasteiger partial charge in [-0.05, 0) is 37.6 Å². The van der Waals surface area contributed by atoms with Gasteiger partial charge in [0, 0.05) is 25.3 Å². The topological polar surface area (TPSA) is 33.1 Å². The minimum Gasteiger partial charge on any atom is -0.365 e. The van der Waals surface area contributed by atoms with E-state index in [0.29, 0.717) is 6.04 Å². The number of benzene rings is 1. The Balaban J connectivity index is 1.88. The van der Waals surface area contributed by atoms with Gasteiger partial charge < -0.3 is 10.2 Å². The maximum atomic E-state index is 4.56. The fourth-order valence-corrected chi connectivity index (χ4v) is 3.18. The Labute approximate surface area is 126 Å². The molecule has 0 saturated heterocycles. The van der Waals surface area contributed by atoms with Gasteiger partial charge in [0.25, 0.3) is 0 Å². The molecule has 4 heteroatoms. The summed E-state index contributed by atoms with van der Waals surface area (Å²) >= 11 is 0. The molecule has 0 amide bonds. The van der Waals surface area contributed by atoms with E-state index in [9.17, 15) is 0 Å². The zero-order chi connectivity index (χ0) is 14.8. The number of nitrogens with one attached hydrogen (secondary N) is 1. The molecule has 3 rings (SSSR count). The third-order valence-electron chi connectivity index (χ3n) is 4.43. The molecule has 0 saturated carbocycles. The minimum absolute atomic E-state index is 0.468. The number of aryl methyl sites for hydroxylation is 2. The molecule has 21 heavy (non-hydrogen) atoms. The van der Waals surface area contributed by atoms with Crippen LogP contribution in [0.3, 0.4) is 0 Å². The first kappa shape index (κ1) is 14.1. The van der Waals surface area contributed by atoms with Gasteiger partial charge >= 0.3 is 0 Å². The van der Waals surface area contributed by atoms with Crippen molar-refractivity contribution in [2.24, 2.45) is 7.05 Å². The summed E-state index contributed by atoms with van der Waals surface area (Å²) in [7, 11) is 4.09. The zero-order valence-corrected chi connectivity index (χ0v) is 13.1. The molecule has 2 heterocycles. The second-order valence-corrected chi connectivity index (χ2v) is 5.71. The fraction of sp³-hybridized carbons (Fsp3) is 0.471. The summed E-state index contributed by atoms with van der Waals surface area (Å²) in [5.41, 5.74) is 5.21. The number of hydrogen-bond donors (Lipinski definition) is 1. The van der Waals surface area contributed by atoms with Crippen LogP contribution in [-0.2, 0) is 20.0 Å². The molecule has 1 aromatic heterocycles. The number of para-hydroxylation sites is 1. The van der Waals surface area contributed by atoms with Crippen LogP contribution in [0.25, 0.3) is 0 Å². The van der Waals surface area contributed by atoms with Gasteiger partial charge in [-0.3, -0.25) is 4.68 Å². The van der Waals surface area contributed by atoms with Crippen molar-refractivity contribution < 1.29 is 0 Å². The predicted octanol–water partition coefficient (Wildman–Crippen LogP) is 2.65. The lowest BCUT2D eigenvalue weighted by Gasteiger charge is -2.35. The Morgan fingerprint density at radius 3 is 2.86 bits per heavy atom. The summed E-state index contributed by atoms with van der Waals surface area (Å²) in [5.74, 6) is 0. The summed E-state index contributed by atoms with van der Waals surface area (Å²) < 4.78 is 2.02. The summed E-state index contributed by atoms with van der Waals surface area (Å²) in [4.78, 5) is 2.47. The summed E-state index contributed by atoms with van der Waals surface area (Å²) in [6, 6.07) is 11.4. The smallest absolute Gasteiger partial charge is 0.0625 e. The minimum atomic E-state index is 0.468. The van der Waals surface area contributed by atoms with Crippen molar-refractivity contribution in [2.75, 3.05) is 18.5 Å². The highest BCUT2D eigenvalue weighted by Crippen LogP contribution is 2.34. The number of aromatic nitrogens is 2. The van der Waals surface area contributed by atoms with Gasteiger partial charge in [-0.15, -0.1) is 0 Å². The van der Waals surface area contributed by atoms with Crippen molar-refractivity contribution in [1.82, 2.24) is 15.1 Å². The molecule has 1 aromatic carbocycles. The monoisotopic (exact) mass is 284 g/mol. The zero-order valence-electron chi connectivity index (χ0n) is 13.1. The molecule has 1 unspecified atom stereocenters. The van der Waals surface area contributed by atoms with Crippen molar-refractivity contribution in [2.45, 2.75) is 32.4 Å². The second-order valence-electron chi connectivity index (χ2n) is 5.71. The maximum Gasteiger partial charge on any atom is 0.0625 e. The molecule has 1 atom stereocenters. The van der Waals surface area contributed by atoms with Crippen LogP contribution in [0.2, 0.25) is 0 Å². The Morgan fingerprint density at radius 1 is 1.33 bits per heavy atom. The highest BCUT2D eigenvalue weighted by atomic mass is 15.3. The van der Waals surface area contributed by atoms with Crippen LogP contribution in [0, 0.1) is 0 Å². The molecule has 1 aliphatic rings. The quantitative estimate of drug-likeness (QED) is 0.937. The molecule has 4 nitrogen and oxygen atoms in total. The van der Waals surface area contributed by atoms with Crippen LogP contribution < -0.4 is 10.2 Å². The van der Waals surface area contributed by atoms with Crippen LogP contribution >= 0.6 is 0 Å². The largest absolute Gasteiger partial charge is 0.365 e. The molecule has 2 aromatic rings. The van der Waals surface area contributed by atoms with E-state index < -0.39 is 0 Å². The average Bonchev–Trinajstić information content (AvgIpc) is 2.88. The average molecular weight is 284 g/mol. The highest BCUT2D eigenvalue weighted by molar-refractivity contribution is 5.57. The summed E-state index contributed by atoms with van der Waals surface area (Å²) in [5, 5.41) is 7.98. The predicted molar refractivity (Wildman–Crippen MR) is 86.5 cm³/mol. The van der Waals surface area contributed by atoms with Crippen molar-refractivity contribution in [3.63, 3.8) is 0 Å². The van der Waals surface area contributed by atoms with Crippen LogP contribution in [0.4, 0.5) is 5.69 Å². The SMILES string of the molecule is CCc1cc(CN2CCC(NC)c3ccccc32)n(C)n1. The van der Waals surface area contributed by atoms with E-state index in [1.165, 1.54) is 22.6 Å². The maximum absolute atomic E-state index is 4.56. The fourth-order valence-electron chi connectivity index (χ4n) is 3.18. The number of nitrogens with zero attached hydrogens (tertiary/aromatic N) is 3. The van der Waals surface area contributed by atoms with Gasteiger partial charge in [-0.2, -0.15) is 5.10 Å². The van der Waals surface area contributed by atoms with E-state index in [-0.39, 0.29) is 0 Å². The van der Waals surface area contributed by atoms with E-state index >= 15 is 0 Å². The Kier molecular flexibility index (Phi) is 3.97. The van der Waals surface area contributed by atoms with E-state index in [1.54, 1.807) is 0 Å². The van der Waals surface area contributed by atoms with Crippen molar-refractivity contribution in [3.8, 4) is 0 Å². The van der Waals surface area contributed by atoms with Crippen molar-refractivity contribution in [3.05, 3.63) is 47.3 Å². The highest BCUT2D eigenvalue weighted by Gasteiger charge is 2.24. The number of hydrogen-bond acceptors (Lipinski definition) is 3. The molecule has 1 N–H and O–H groups in total. The first-order valence-corrected chi connectivity index (χ1v) is 7.76. The van der Waals surface area contributed by atoms with E-state index in [4.69, 9.17) is 0 Å². The molecule has 0 aliphatic carbocycles. The van der Waals surface area contributed by atoms with Crippen LogP contribution in [0.1, 0.15) is 36.3 Å². The first-order valence-electron chi connectivity index (χ1n) is 7.76. The Bertz CT molecular complexity index is 617. The molecule has 0 spiro atoms. The molecule has 1 aliphatic heterocycles. The van der Waals surface area contributed by atoms with Crippen LogP contribution in [0.15, 0.2) is 30.3 Å². The molecule has 0 fully saturated rings. The number of rotatable bonds is 4. The molecular formula is C17H24N4.